The summed E-state index contributed by atoms with van der Waals surface area (Å²) in [5.41, 5.74) is 5.54. The first kappa shape index (κ1) is 56.0. The van der Waals surface area contributed by atoms with Crippen LogP contribution in [0.25, 0.3) is 237 Å². The van der Waals surface area contributed by atoms with Crippen LogP contribution < -0.4 is 0 Å². The molecule has 0 saturated heterocycles. The van der Waals surface area contributed by atoms with Gasteiger partial charge in [0.1, 0.15) is 0 Å². The molecule has 100 heavy (non-hydrogen) atoms. The van der Waals surface area contributed by atoms with E-state index < -0.39 is 0 Å². The molecule has 0 heteroatoms. The molecule has 0 aromatic heterocycles. The molecule has 0 saturated carbocycles. The molecule has 0 radical (unpaired) electrons. The van der Waals surface area contributed by atoms with Gasteiger partial charge in [0.15, 0.2) is 0 Å². The third-order valence-electron chi connectivity index (χ3n) is 25.0. The lowest BCUT2D eigenvalue weighted by molar-refractivity contribution is 0.591. The molecule has 0 aliphatic carbocycles. The van der Waals surface area contributed by atoms with E-state index in [4.69, 9.17) is 0 Å². The van der Waals surface area contributed by atoms with Crippen molar-refractivity contribution in [1.82, 2.24) is 0 Å². The van der Waals surface area contributed by atoms with Gasteiger partial charge in [-0.05, 0) is 329 Å². The molecule has 0 spiro atoms. The Morgan fingerprint density at radius 2 is 0.240 bits per heavy atom. The van der Waals surface area contributed by atoms with Crippen LogP contribution in [0.2, 0.25) is 0 Å². The SMILES string of the molecule is CC(C)(C)c1cc2c3cccc4c5ccccc5c5c6cc(C(C)(C)C)cc7c8cccc9c%10ccccc%10c%10c(c1)c2c(c5c43)c(c76)c%10c98.CC(C)(C)c1cc2c3cccc4c5ccccc5c5c6cc(C(C)(C)C)cc7c8cccc9c%10ccccc%10c%10c(c1)c2c(c5c43)c(c76)c%10c98. The summed E-state index contributed by atoms with van der Waals surface area (Å²) in [7, 11) is 0. The van der Waals surface area contributed by atoms with Crippen LogP contribution in [-0.2, 0) is 21.7 Å². The fourth-order valence-electron chi connectivity index (χ4n) is 20.5. The Morgan fingerprint density at radius 3 is 0.420 bits per heavy atom. The predicted molar refractivity (Wildman–Crippen MR) is 442 cm³/mol. The Labute approximate surface area is 578 Å². The fraction of sp³-hybridized carbons (Fsp3) is 0.160. The number of hydrogen-bond acceptors (Lipinski definition) is 0. The number of fused-ring (bicyclic) bond motifs is 20. The minimum absolute atomic E-state index is 0.00631. The molecule has 0 aliphatic rings. The maximum Gasteiger partial charge on any atom is -0.0000476 e. The first-order valence-electron chi connectivity index (χ1n) is 36.4. The summed E-state index contributed by atoms with van der Waals surface area (Å²) in [4.78, 5) is 0. The fourth-order valence-corrected chi connectivity index (χ4v) is 20.5. The van der Waals surface area contributed by atoms with Gasteiger partial charge in [-0.1, -0.05) is 253 Å². The van der Waals surface area contributed by atoms with Gasteiger partial charge < -0.3 is 0 Å². The minimum Gasteiger partial charge on any atom is -0.0616 e. The average molecular weight is 1270 g/mol. The smallest absolute Gasteiger partial charge is 0.0000476 e. The summed E-state index contributed by atoms with van der Waals surface area (Å²) < 4.78 is 0. The Bertz CT molecular complexity index is 6830. The molecular weight excluding hydrogens is 1200 g/mol. The molecule has 0 N–H and O–H groups in total. The van der Waals surface area contributed by atoms with Crippen LogP contribution in [0, 0.1) is 0 Å². The standard InChI is InChI=1S/2C50H36/c2*1-49(2,3)25-21-35-33-19-11-17-31-28-14-8-10-16-30(28)42-38-24-26(50(4,5)6)22-36-34-20-12-18-32-27-13-7-9-15-29(27)41-37(23-25)43(35)47(46(42)39(31)33)48(44(36)38)45(41)40(32)34/h2*7-24H,1-6H3. The lowest BCUT2D eigenvalue weighted by atomic mass is 9.73. The zero-order valence-corrected chi connectivity index (χ0v) is 58.8. The second kappa shape index (κ2) is 17.9. The third kappa shape index (κ3) is 6.58. The van der Waals surface area contributed by atoms with Gasteiger partial charge in [0.2, 0.25) is 0 Å². The Morgan fingerprint density at radius 1 is 0.120 bits per heavy atom. The van der Waals surface area contributed by atoms with Crippen molar-refractivity contribution in [2.45, 2.75) is 105 Å². The second-order valence-electron chi connectivity index (χ2n) is 34.4. The summed E-state index contributed by atoms with van der Waals surface area (Å²) in [5.74, 6) is 0. The van der Waals surface area contributed by atoms with Crippen LogP contribution in [0.1, 0.15) is 105 Å². The van der Waals surface area contributed by atoms with E-state index in [1.165, 1.54) is 259 Å². The molecule has 0 heterocycles. The molecule has 24 aromatic rings. The highest BCUT2D eigenvalue weighted by molar-refractivity contribution is 6.61. The van der Waals surface area contributed by atoms with E-state index in [2.05, 4.69) is 301 Å². The van der Waals surface area contributed by atoms with Crippen molar-refractivity contribution < 1.29 is 0 Å². The van der Waals surface area contributed by atoms with E-state index in [0.29, 0.717) is 0 Å². The Kier molecular flexibility index (Phi) is 10.0. The molecule has 0 atom stereocenters. The number of rotatable bonds is 0. The molecule has 472 valence electrons. The Balaban J connectivity index is 0.000000124. The van der Waals surface area contributed by atoms with Crippen molar-refractivity contribution in [3.63, 3.8) is 0 Å². The van der Waals surface area contributed by atoms with Crippen LogP contribution in [0.5, 0.6) is 0 Å². The van der Waals surface area contributed by atoms with Crippen LogP contribution in [-0.4, -0.2) is 0 Å². The topological polar surface area (TPSA) is 0 Å². The van der Waals surface area contributed by atoms with E-state index in [9.17, 15) is 0 Å². The first-order chi connectivity index (χ1) is 48.2. The molecule has 24 rings (SSSR count). The van der Waals surface area contributed by atoms with E-state index in [-0.39, 0.29) is 21.7 Å². The van der Waals surface area contributed by atoms with E-state index in [0.717, 1.165) is 0 Å². The molecule has 0 fully saturated rings. The van der Waals surface area contributed by atoms with Crippen LogP contribution in [0.4, 0.5) is 0 Å². The maximum absolute atomic E-state index is 2.56. The second-order valence-corrected chi connectivity index (χ2v) is 34.4. The van der Waals surface area contributed by atoms with Crippen molar-refractivity contribution in [2.24, 2.45) is 0 Å². The maximum atomic E-state index is 2.56. The van der Waals surface area contributed by atoms with Crippen LogP contribution >= 0.6 is 0 Å². The summed E-state index contributed by atoms with van der Waals surface area (Å²) in [6.45, 7) is 28.4. The Hall–Kier alpha value is -10.9. The van der Waals surface area contributed by atoms with Crippen LogP contribution in [0.15, 0.2) is 218 Å². The van der Waals surface area contributed by atoms with Gasteiger partial charge >= 0.3 is 0 Å². The normalized spacial score (nSPS) is 13.8. The highest BCUT2D eigenvalue weighted by Crippen LogP contribution is 2.62. The van der Waals surface area contributed by atoms with Gasteiger partial charge in [-0.25, -0.2) is 0 Å². The lowest BCUT2D eigenvalue weighted by Crippen LogP contribution is -2.12. The summed E-state index contributed by atoms with van der Waals surface area (Å²) >= 11 is 0. The van der Waals surface area contributed by atoms with Crippen molar-refractivity contribution >= 4 is 237 Å². The summed E-state index contributed by atoms with van der Waals surface area (Å²) in [6, 6.07) is 85.5. The van der Waals surface area contributed by atoms with Gasteiger partial charge in [-0.3, -0.25) is 0 Å². The number of benzene rings is 24. The quantitative estimate of drug-likeness (QED) is 0.105. The zero-order chi connectivity index (χ0) is 67.2. The van der Waals surface area contributed by atoms with Crippen molar-refractivity contribution in [3.8, 4) is 0 Å². The van der Waals surface area contributed by atoms with Crippen LogP contribution in [0.3, 0.4) is 0 Å². The molecule has 0 bridgehead atoms. The van der Waals surface area contributed by atoms with E-state index in [1.54, 1.807) is 0 Å². The molecule has 0 aliphatic heterocycles. The first-order valence-corrected chi connectivity index (χ1v) is 36.4. The van der Waals surface area contributed by atoms with Gasteiger partial charge in [-0.15, -0.1) is 0 Å². The van der Waals surface area contributed by atoms with Crippen molar-refractivity contribution in [2.75, 3.05) is 0 Å². The predicted octanol–water partition coefficient (Wildman–Crippen LogP) is 29.4. The largest absolute Gasteiger partial charge is 0.0616 e. The monoisotopic (exact) mass is 1270 g/mol. The van der Waals surface area contributed by atoms with E-state index in [1.807, 2.05) is 0 Å². The van der Waals surface area contributed by atoms with Crippen molar-refractivity contribution in [1.29, 1.82) is 0 Å². The van der Waals surface area contributed by atoms with E-state index >= 15 is 0 Å². The molecule has 0 amide bonds. The highest BCUT2D eigenvalue weighted by Gasteiger charge is 2.35. The van der Waals surface area contributed by atoms with Gasteiger partial charge in [0.05, 0.1) is 0 Å². The summed E-state index contributed by atoms with van der Waals surface area (Å²) in [5, 5.41) is 61.5. The third-order valence-corrected chi connectivity index (χ3v) is 25.0. The molecule has 0 unspecified atom stereocenters. The number of hydrogen-bond donors (Lipinski definition) is 0. The van der Waals surface area contributed by atoms with Gasteiger partial charge in [0.25, 0.3) is 0 Å². The average Bonchev–Trinajstić information content (AvgIpc) is 0.657. The zero-order valence-electron chi connectivity index (χ0n) is 58.8. The highest BCUT2D eigenvalue weighted by atomic mass is 14.4. The molecular formula is C100H72. The van der Waals surface area contributed by atoms with Crippen molar-refractivity contribution in [3.05, 3.63) is 241 Å². The minimum atomic E-state index is -0.00631. The summed E-state index contributed by atoms with van der Waals surface area (Å²) in [6.07, 6.45) is 0. The molecule has 24 aromatic carbocycles. The van der Waals surface area contributed by atoms with Gasteiger partial charge in [-0.2, -0.15) is 0 Å². The van der Waals surface area contributed by atoms with Gasteiger partial charge in [0, 0.05) is 0 Å². The lowest BCUT2D eigenvalue weighted by Gasteiger charge is -2.30. The molecule has 0 nitrogen and oxygen atoms in total.